The van der Waals surface area contributed by atoms with Gasteiger partial charge < -0.3 is 4.90 Å². The van der Waals surface area contributed by atoms with Gasteiger partial charge in [-0.3, -0.25) is 4.98 Å². The Morgan fingerprint density at radius 1 is 1.34 bits per heavy atom. The van der Waals surface area contributed by atoms with E-state index in [4.69, 9.17) is 0 Å². The van der Waals surface area contributed by atoms with Crippen LogP contribution in [0.3, 0.4) is 0 Å². The van der Waals surface area contributed by atoms with Crippen molar-refractivity contribution in [2.75, 3.05) is 18.0 Å². The second-order valence-electron chi connectivity index (χ2n) is 7.07. The molecule has 0 amide bonds. The summed E-state index contributed by atoms with van der Waals surface area (Å²) in [7, 11) is -3.52. The number of hydrogen-bond donors (Lipinski definition) is 1. The highest BCUT2D eigenvalue weighted by molar-refractivity contribution is 7.91. The molecule has 29 heavy (non-hydrogen) atoms. The number of nitrogens with one attached hydrogen (secondary N) is 1. The van der Waals surface area contributed by atoms with Crippen molar-refractivity contribution in [3.63, 3.8) is 0 Å². The molecule has 0 radical (unpaired) electrons. The number of pyridine rings is 1. The predicted octanol–water partition coefficient (Wildman–Crippen LogP) is 3.56. The molecule has 1 saturated heterocycles. The van der Waals surface area contributed by atoms with E-state index >= 15 is 0 Å². The number of aryl methyl sites for hydroxylation is 1. The number of aromatic nitrogens is 1. The molecule has 0 unspecified atom stereocenters. The summed E-state index contributed by atoms with van der Waals surface area (Å²) in [5.41, 5.74) is 2.44. The largest absolute Gasteiger partial charge is 0.370 e. The summed E-state index contributed by atoms with van der Waals surface area (Å²) in [6.45, 7) is 2.90. The number of nitrogens with zero attached hydrogens (tertiary/aromatic N) is 3. The third-order valence-electron chi connectivity index (χ3n) is 5.11. The van der Waals surface area contributed by atoms with Crippen LogP contribution in [0.25, 0.3) is 10.9 Å². The van der Waals surface area contributed by atoms with Gasteiger partial charge in [0.25, 0.3) is 0 Å². The molecule has 1 N–H and O–H groups in total. The summed E-state index contributed by atoms with van der Waals surface area (Å²) >= 11 is 1.19. The average Bonchev–Trinajstić information content (AvgIpc) is 3.23. The Hall–Kier alpha value is -2.54. The Bertz CT molecular complexity index is 1200. The number of halogens is 1. The van der Waals surface area contributed by atoms with Gasteiger partial charge in [0.2, 0.25) is 10.0 Å². The van der Waals surface area contributed by atoms with E-state index in [1.54, 1.807) is 24.4 Å². The van der Waals surface area contributed by atoms with Crippen molar-refractivity contribution in [1.29, 1.82) is 5.26 Å². The van der Waals surface area contributed by atoms with Crippen molar-refractivity contribution in [2.24, 2.45) is 0 Å². The van der Waals surface area contributed by atoms with Crippen LogP contribution in [0.4, 0.5) is 10.1 Å². The van der Waals surface area contributed by atoms with Gasteiger partial charge in [0.1, 0.15) is 16.1 Å². The first-order valence-corrected chi connectivity index (χ1v) is 11.5. The van der Waals surface area contributed by atoms with Crippen LogP contribution in [-0.4, -0.2) is 32.5 Å². The van der Waals surface area contributed by atoms with Crippen LogP contribution in [0, 0.1) is 24.1 Å². The van der Waals surface area contributed by atoms with Gasteiger partial charge in [-0.25, -0.2) is 17.5 Å². The van der Waals surface area contributed by atoms with Crippen LogP contribution in [-0.2, 0) is 10.0 Å². The number of anilines is 1. The van der Waals surface area contributed by atoms with Gasteiger partial charge in [-0.2, -0.15) is 5.26 Å². The minimum atomic E-state index is -3.52. The zero-order valence-electron chi connectivity index (χ0n) is 15.7. The van der Waals surface area contributed by atoms with Crippen LogP contribution >= 0.6 is 11.3 Å². The fraction of sp³-hybridized carbons (Fsp3) is 0.300. The van der Waals surface area contributed by atoms with Gasteiger partial charge in [-0.05, 0) is 48.9 Å². The fourth-order valence-electron chi connectivity index (χ4n) is 3.76. The molecule has 0 aliphatic carbocycles. The number of benzene rings is 1. The van der Waals surface area contributed by atoms with Crippen molar-refractivity contribution < 1.29 is 12.8 Å². The topological polar surface area (TPSA) is 86.1 Å². The quantitative estimate of drug-likeness (QED) is 0.684. The predicted molar refractivity (Wildman–Crippen MR) is 111 cm³/mol. The van der Waals surface area contributed by atoms with Crippen molar-refractivity contribution in [3.05, 3.63) is 52.8 Å². The van der Waals surface area contributed by atoms with E-state index in [2.05, 4.69) is 15.8 Å². The van der Waals surface area contributed by atoms with E-state index in [1.807, 2.05) is 4.90 Å². The third-order valence-corrected chi connectivity index (χ3v) is 8.03. The third kappa shape index (κ3) is 3.83. The molecule has 4 rings (SSSR count). The maximum Gasteiger partial charge on any atom is 0.250 e. The van der Waals surface area contributed by atoms with Crippen LogP contribution in [0.2, 0.25) is 0 Å². The van der Waals surface area contributed by atoms with Crippen molar-refractivity contribution in [3.8, 4) is 6.07 Å². The smallest absolute Gasteiger partial charge is 0.250 e. The maximum atomic E-state index is 14.1. The molecule has 1 aliphatic rings. The van der Waals surface area contributed by atoms with Crippen LogP contribution in [0.15, 0.2) is 40.1 Å². The Morgan fingerprint density at radius 3 is 2.76 bits per heavy atom. The molecule has 6 nitrogen and oxygen atoms in total. The number of rotatable bonds is 4. The Kier molecular flexibility index (Phi) is 5.25. The molecule has 3 aromatic rings. The van der Waals surface area contributed by atoms with Gasteiger partial charge in [0.15, 0.2) is 0 Å². The summed E-state index contributed by atoms with van der Waals surface area (Å²) < 4.78 is 42.0. The standard InChI is InChI=1S/C20H19FN4O2S2/c1-13-9-15(21)10-17-19(13)23-12-14(11-22)20(17)25-6-4-16(5-7-25)24-29(26,27)18-3-2-8-28-18/h2-3,8-10,12,16,24H,4-7H2,1H3. The van der Waals surface area contributed by atoms with Gasteiger partial charge >= 0.3 is 0 Å². The second kappa shape index (κ2) is 7.71. The lowest BCUT2D eigenvalue weighted by Gasteiger charge is -2.34. The molecule has 9 heteroatoms. The van der Waals surface area contributed by atoms with Gasteiger partial charge in [-0.15, -0.1) is 11.3 Å². The van der Waals surface area contributed by atoms with Crippen molar-refractivity contribution in [1.82, 2.24) is 9.71 Å². The molecule has 0 bridgehead atoms. The molecule has 1 aromatic carbocycles. The van der Waals surface area contributed by atoms with Crippen molar-refractivity contribution >= 4 is 38.0 Å². The van der Waals surface area contributed by atoms with E-state index in [0.717, 1.165) is 0 Å². The van der Waals surface area contributed by atoms with Crippen LogP contribution in [0.1, 0.15) is 24.0 Å². The highest BCUT2D eigenvalue weighted by atomic mass is 32.2. The summed E-state index contributed by atoms with van der Waals surface area (Å²) in [4.78, 5) is 6.36. The van der Waals surface area contributed by atoms with Crippen LogP contribution in [0.5, 0.6) is 0 Å². The molecule has 1 aliphatic heterocycles. The zero-order valence-corrected chi connectivity index (χ0v) is 17.4. The second-order valence-corrected chi connectivity index (χ2v) is 9.95. The van der Waals surface area contributed by atoms with Gasteiger partial charge in [-0.1, -0.05) is 6.07 Å². The highest BCUT2D eigenvalue weighted by Gasteiger charge is 2.27. The first kappa shape index (κ1) is 19.8. The molecule has 3 heterocycles. The van der Waals surface area contributed by atoms with E-state index < -0.39 is 10.0 Å². The molecular formula is C20H19FN4O2S2. The SMILES string of the molecule is Cc1cc(F)cc2c(N3CCC(NS(=O)(=O)c4cccs4)CC3)c(C#N)cnc12. The first-order chi connectivity index (χ1) is 13.9. The lowest BCUT2D eigenvalue weighted by Crippen LogP contribution is -2.44. The van der Waals surface area contributed by atoms with E-state index in [1.165, 1.54) is 29.7 Å². The first-order valence-electron chi connectivity index (χ1n) is 9.19. The molecule has 0 spiro atoms. The summed E-state index contributed by atoms with van der Waals surface area (Å²) in [5.74, 6) is -0.369. The average molecular weight is 431 g/mol. The Labute approximate surface area is 172 Å². The number of nitriles is 1. The molecule has 1 fully saturated rings. The van der Waals surface area contributed by atoms with Gasteiger partial charge in [0, 0.05) is 30.7 Å². The number of fused-ring (bicyclic) bond motifs is 1. The lowest BCUT2D eigenvalue weighted by molar-refractivity contribution is 0.461. The number of thiophene rings is 1. The number of piperidine rings is 1. The molecule has 2 aromatic heterocycles. The molecule has 0 atom stereocenters. The van der Waals surface area contributed by atoms with Crippen LogP contribution < -0.4 is 9.62 Å². The monoisotopic (exact) mass is 430 g/mol. The Morgan fingerprint density at radius 2 is 2.10 bits per heavy atom. The summed E-state index contributed by atoms with van der Waals surface area (Å²) in [5, 5.41) is 11.9. The van der Waals surface area contributed by atoms with E-state index in [-0.39, 0.29) is 11.9 Å². The molecule has 150 valence electrons. The fourth-order valence-corrected chi connectivity index (χ4v) is 6.07. The minimum absolute atomic E-state index is 0.185. The number of hydrogen-bond acceptors (Lipinski definition) is 6. The molecule has 0 saturated carbocycles. The maximum absolute atomic E-state index is 14.1. The number of sulfonamides is 1. The van der Waals surface area contributed by atoms with Gasteiger partial charge in [0.05, 0.1) is 16.8 Å². The van der Waals surface area contributed by atoms with E-state index in [9.17, 15) is 18.1 Å². The van der Waals surface area contributed by atoms with Crippen molar-refractivity contribution in [2.45, 2.75) is 30.0 Å². The molecular weight excluding hydrogens is 411 g/mol. The normalized spacial score (nSPS) is 15.6. The minimum Gasteiger partial charge on any atom is -0.370 e. The zero-order chi connectivity index (χ0) is 20.6. The van der Waals surface area contributed by atoms with E-state index in [0.29, 0.717) is 57.9 Å². The highest BCUT2D eigenvalue weighted by Crippen LogP contribution is 2.33. The summed E-state index contributed by atoms with van der Waals surface area (Å²) in [6.07, 6.45) is 2.70. The lowest BCUT2D eigenvalue weighted by atomic mass is 10.0. The Balaban J connectivity index is 1.59. The summed E-state index contributed by atoms with van der Waals surface area (Å²) in [6, 6.07) is 8.11.